The average molecular weight is 328 g/mol. The molecular weight excluding hydrogens is 312 g/mol. The van der Waals surface area contributed by atoms with Gasteiger partial charge in [-0.2, -0.15) is 11.3 Å². The fourth-order valence-corrected chi connectivity index (χ4v) is 3.67. The van der Waals surface area contributed by atoms with E-state index in [1.807, 2.05) is 48.9 Å². The lowest BCUT2D eigenvalue weighted by Gasteiger charge is -2.08. The Bertz CT molecular complexity index is 791. The molecule has 0 aliphatic carbocycles. The molecule has 2 aromatic heterocycles. The molecule has 0 saturated carbocycles. The molecule has 0 aliphatic heterocycles. The summed E-state index contributed by atoms with van der Waals surface area (Å²) in [7, 11) is 0. The van der Waals surface area contributed by atoms with Gasteiger partial charge >= 0.3 is 0 Å². The highest BCUT2D eigenvalue weighted by Crippen LogP contribution is 2.26. The number of amides is 1. The lowest BCUT2D eigenvalue weighted by atomic mass is 10.1. The van der Waals surface area contributed by atoms with Crippen molar-refractivity contribution in [3.05, 3.63) is 57.2 Å². The van der Waals surface area contributed by atoms with Crippen molar-refractivity contribution >= 4 is 34.3 Å². The number of benzene rings is 1. The molecule has 0 saturated heterocycles. The number of anilines is 1. The van der Waals surface area contributed by atoms with Crippen LogP contribution in [0.3, 0.4) is 0 Å². The number of hydrogen-bond donors (Lipinski definition) is 1. The monoisotopic (exact) mass is 328 g/mol. The van der Waals surface area contributed by atoms with Gasteiger partial charge in [0, 0.05) is 22.0 Å². The minimum absolute atomic E-state index is 0.0316. The minimum atomic E-state index is -0.0316. The van der Waals surface area contributed by atoms with E-state index in [2.05, 4.69) is 15.7 Å². The van der Waals surface area contributed by atoms with Gasteiger partial charge in [0.2, 0.25) is 5.91 Å². The number of aryl methyl sites for hydroxylation is 2. The predicted octanol–water partition coefficient (Wildman–Crippen LogP) is 4.67. The summed E-state index contributed by atoms with van der Waals surface area (Å²) in [5, 5.41) is 9.99. The number of carbonyl (C=O) groups is 1. The summed E-state index contributed by atoms with van der Waals surface area (Å²) in [4.78, 5) is 16.7. The van der Waals surface area contributed by atoms with Crippen molar-refractivity contribution < 1.29 is 4.79 Å². The number of carbonyl (C=O) groups excluding carboxylic acids is 1. The summed E-state index contributed by atoms with van der Waals surface area (Å²) < 4.78 is 0. The lowest BCUT2D eigenvalue weighted by Crippen LogP contribution is -2.15. The zero-order valence-corrected chi connectivity index (χ0v) is 14.1. The second-order valence-corrected chi connectivity index (χ2v) is 6.84. The number of nitrogens with one attached hydrogen (secondary N) is 1. The van der Waals surface area contributed by atoms with Crippen molar-refractivity contribution in [2.45, 2.75) is 20.3 Å². The number of thiazole rings is 1. The third kappa shape index (κ3) is 3.43. The van der Waals surface area contributed by atoms with E-state index in [4.69, 9.17) is 0 Å². The fraction of sp³-hybridized carbons (Fsp3) is 0.176. The quantitative estimate of drug-likeness (QED) is 0.756. The minimum Gasteiger partial charge on any atom is -0.325 e. The predicted molar refractivity (Wildman–Crippen MR) is 93.7 cm³/mol. The van der Waals surface area contributed by atoms with Crippen LogP contribution >= 0.6 is 22.7 Å². The highest BCUT2D eigenvalue weighted by Gasteiger charge is 2.10. The van der Waals surface area contributed by atoms with Crippen molar-refractivity contribution in [1.82, 2.24) is 4.98 Å². The Balaban J connectivity index is 1.68. The number of rotatable bonds is 4. The molecule has 0 spiro atoms. The summed E-state index contributed by atoms with van der Waals surface area (Å²) in [6, 6.07) is 8.09. The van der Waals surface area contributed by atoms with Crippen LogP contribution in [0, 0.1) is 13.8 Å². The molecule has 0 fully saturated rings. The Morgan fingerprint density at radius 3 is 2.86 bits per heavy atom. The highest BCUT2D eigenvalue weighted by molar-refractivity contribution is 7.14. The van der Waals surface area contributed by atoms with Gasteiger partial charge in [0.25, 0.3) is 0 Å². The molecule has 0 aliphatic rings. The Labute approximate surface area is 137 Å². The van der Waals surface area contributed by atoms with E-state index < -0.39 is 0 Å². The number of nitrogens with zero attached hydrogens (tertiary/aromatic N) is 1. The van der Waals surface area contributed by atoms with E-state index in [-0.39, 0.29) is 5.91 Å². The third-order valence-corrected chi connectivity index (χ3v) is 4.95. The standard InChI is InChI=1S/C17H16N2OS2/c1-11-3-4-12(2)15(7-11)19-16(20)8-14-10-22-17(18-14)13-5-6-21-9-13/h3-7,9-10H,8H2,1-2H3,(H,19,20). The number of thiophene rings is 1. The molecule has 3 rings (SSSR count). The number of aromatic nitrogens is 1. The Hall–Kier alpha value is -1.98. The lowest BCUT2D eigenvalue weighted by molar-refractivity contribution is -0.115. The molecule has 3 aromatic rings. The molecule has 2 heterocycles. The molecule has 1 amide bonds. The van der Waals surface area contributed by atoms with Gasteiger partial charge in [-0.05, 0) is 42.5 Å². The molecule has 0 atom stereocenters. The number of hydrogen-bond acceptors (Lipinski definition) is 4. The highest BCUT2D eigenvalue weighted by atomic mass is 32.1. The fourth-order valence-electron chi connectivity index (χ4n) is 2.14. The Morgan fingerprint density at radius 2 is 2.09 bits per heavy atom. The summed E-state index contributed by atoms with van der Waals surface area (Å²) in [6.45, 7) is 4.01. The van der Waals surface area contributed by atoms with Gasteiger partial charge in [-0.15, -0.1) is 11.3 Å². The maximum Gasteiger partial charge on any atom is 0.230 e. The maximum atomic E-state index is 12.2. The van der Waals surface area contributed by atoms with Crippen LogP contribution in [-0.4, -0.2) is 10.9 Å². The Morgan fingerprint density at radius 1 is 1.23 bits per heavy atom. The third-order valence-electron chi connectivity index (χ3n) is 3.33. The molecule has 3 nitrogen and oxygen atoms in total. The average Bonchev–Trinajstić information content (AvgIpc) is 3.13. The van der Waals surface area contributed by atoms with Gasteiger partial charge in [0.05, 0.1) is 12.1 Å². The van der Waals surface area contributed by atoms with E-state index >= 15 is 0 Å². The zero-order chi connectivity index (χ0) is 15.5. The maximum absolute atomic E-state index is 12.2. The summed E-state index contributed by atoms with van der Waals surface area (Å²) >= 11 is 3.23. The van der Waals surface area contributed by atoms with Crippen LogP contribution in [0.4, 0.5) is 5.69 Å². The molecule has 1 N–H and O–H groups in total. The van der Waals surface area contributed by atoms with Gasteiger partial charge < -0.3 is 5.32 Å². The molecule has 0 bridgehead atoms. The molecule has 112 valence electrons. The molecule has 1 aromatic carbocycles. The van der Waals surface area contributed by atoms with Crippen LogP contribution in [-0.2, 0) is 11.2 Å². The van der Waals surface area contributed by atoms with Crippen LogP contribution in [0.2, 0.25) is 0 Å². The molecule has 0 radical (unpaired) electrons. The van der Waals surface area contributed by atoms with Crippen molar-refractivity contribution in [2.24, 2.45) is 0 Å². The van der Waals surface area contributed by atoms with Crippen LogP contribution in [0.15, 0.2) is 40.4 Å². The molecule has 5 heteroatoms. The van der Waals surface area contributed by atoms with E-state index in [0.717, 1.165) is 33.1 Å². The molecule has 22 heavy (non-hydrogen) atoms. The Kier molecular flexibility index (Phi) is 4.36. The van der Waals surface area contributed by atoms with E-state index in [1.165, 1.54) is 0 Å². The second-order valence-electron chi connectivity index (χ2n) is 5.20. The van der Waals surface area contributed by atoms with Crippen LogP contribution < -0.4 is 5.32 Å². The SMILES string of the molecule is Cc1ccc(C)c(NC(=O)Cc2csc(-c3ccsc3)n2)c1. The first kappa shape index (κ1) is 14.9. The summed E-state index contributed by atoms with van der Waals surface area (Å²) in [6.07, 6.45) is 0.300. The van der Waals surface area contributed by atoms with E-state index in [0.29, 0.717) is 6.42 Å². The van der Waals surface area contributed by atoms with Gasteiger partial charge in [-0.1, -0.05) is 12.1 Å². The van der Waals surface area contributed by atoms with E-state index in [1.54, 1.807) is 22.7 Å². The van der Waals surface area contributed by atoms with E-state index in [9.17, 15) is 4.79 Å². The largest absolute Gasteiger partial charge is 0.325 e. The van der Waals surface area contributed by atoms with Crippen molar-refractivity contribution in [2.75, 3.05) is 5.32 Å². The topological polar surface area (TPSA) is 42.0 Å². The van der Waals surface area contributed by atoms with Gasteiger partial charge in [0.15, 0.2) is 0 Å². The zero-order valence-electron chi connectivity index (χ0n) is 12.4. The first-order valence-electron chi connectivity index (χ1n) is 6.96. The van der Waals surface area contributed by atoms with Crippen LogP contribution in [0.25, 0.3) is 10.6 Å². The summed E-state index contributed by atoms with van der Waals surface area (Å²) in [5.74, 6) is -0.0316. The van der Waals surface area contributed by atoms with Gasteiger partial charge in [-0.3, -0.25) is 4.79 Å². The van der Waals surface area contributed by atoms with Gasteiger partial charge in [-0.25, -0.2) is 4.98 Å². The van der Waals surface area contributed by atoms with Crippen molar-refractivity contribution in [1.29, 1.82) is 0 Å². The van der Waals surface area contributed by atoms with Crippen molar-refractivity contribution in [3.63, 3.8) is 0 Å². The molecular formula is C17H16N2OS2. The van der Waals surface area contributed by atoms with Crippen LogP contribution in [0.5, 0.6) is 0 Å². The molecule has 0 unspecified atom stereocenters. The first-order chi connectivity index (χ1) is 10.6. The normalized spacial score (nSPS) is 10.6. The van der Waals surface area contributed by atoms with Gasteiger partial charge in [0.1, 0.15) is 5.01 Å². The summed E-state index contributed by atoms with van der Waals surface area (Å²) in [5.41, 5.74) is 5.01. The van der Waals surface area contributed by atoms with Crippen molar-refractivity contribution in [3.8, 4) is 10.6 Å². The second kappa shape index (κ2) is 6.42. The first-order valence-corrected chi connectivity index (χ1v) is 8.78. The van der Waals surface area contributed by atoms with Crippen LogP contribution in [0.1, 0.15) is 16.8 Å². The smallest absolute Gasteiger partial charge is 0.230 e.